The number of hydrogen-bond donors (Lipinski definition) is 1. The van der Waals surface area contributed by atoms with Crippen molar-refractivity contribution in [3.05, 3.63) is 89.6 Å². The number of ketones is 1. The Hall–Kier alpha value is -3.80. The molecule has 28 heavy (non-hydrogen) atoms. The standard InChI is InChI=1S/C22H18N4O2/c1-14-13-18(17-5-3-4-6-19(17)24-14)22(28)25-16-9-7-15(8-10-16)20(27)21-23-11-12-26(21)2/h3-13H,1-2H3,(H,25,28). The SMILES string of the molecule is Cc1cc(C(=O)Nc2ccc(C(=O)c3nccn3C)cc2)c2ccccc2n1. The number of amides is 1. The second-order valence-corrected chi connectivity index (χ2v) is 6.55. The zero-order valence-corrected chi connectivity index (χ0v) is 15.5. The van der Waals surface area contributed by atoms with Crippen molar-refractivity contribution in [2.75, 3.05) is 5.32 Å². The number of carbonyl (C=O) groups excluding carboxylic acids is 2. The minimum absolute atomic E-state index is 0.166. The number of anilines is 1. The van der Waals surface area contributed by atoms with Crippen molar-refractivity contribution in [2.24, 2.45) is 7.05 Å². The number of benzene rings is 2. The second-order valence-electron chi connectivity index (χ2n) is 6.55. The fraction of sp³-hybridized carbons (Fsp3) is 0.0909. The summed E-state index contributed by atoms with van der Waals surface area (Å²) in [6.07, 6.45) is 3.31. The quantitative estimate of drug-likeness (QED) is 0.555. The summed E-state index contributed by atoms with van der Waals surface area (Å²) < 4.78 is 1.68. The molecule has 0 atom stereocenters. The molecule has 0 aliphatic rings. The van der Waals surface area contributed by atoms with E-state index in [1.807, 2.05) is 31.2 Å². The largest absolute Gasteiger partial charge is 0.331 e. The first-order chi connectivity index (χ1) is 13.5. The van der Waals surface area contributed by atoms with E-state index in [9.17, 15) is 9.59 Å². The predicted molar refractivity (Wildman–Crippen MR) is 108 cm³/mol. The number of aryl methyl sites for hydroxylation is 2. The van der Waals surface area contributed by atoms with Crippen LogP contribution in [0.2, 0.25) is 0 Å². The van der Waals surface area contributed by atoms with E-state index in [1.54, 1.807) is 54.3 Å². The molecule has 0 radical (unpaired) electrons. The smallest absolute Gasteiger partial charge is 0.256 e. The van der Waals surface area contributed by atoms with Crippen molar-refractivity contribution in [1.29, 1.82) is 0 Å². The first kappa shape index (κ1) is 17.6. The average Bonchev–Trinajstić information content (AvgIpc) is 3.13. The summed E-state index contributed by atoms with van der Waals surface area (Å²) in [7, 11) is 1.77. The molecule has 0 saturated carbocycles. The average molecular weight is 370 g/mol. The third-order valence-corrected chi connectivity index (χ3v) is 4.52. The maximum absolute atomic E-state index is 12.8. The van der Waals surface area contributed by atoms with Gasteiger partial charge in [-0.15, -0.1) is 0 Å². The minimum Gasteiger partial charge on any atom is -0.331 e. The molecule has 6 heteroatoms. The van der Waals surface area contributed by atoms with E-state index in [2.05, 4.69) is 15.3 Å². The fourth-order valence-electron chi connectivity index (χ4n) is 3.11. The van der Waals surface area contributed by atoms with Crippen LogP contribution < -0.4 is 5.32 Å². The van der Waals surface area contributed by atoms with Crippen LogP contribution in [0, 0.1) is 6.92 Å². The Balaban J connectivity index is 1.58. The Kier molecular flexibility index (Phi) is 4.45. The zero-order chi connectivity index (χ0) is 19.7. The summed E-state index contributed by atoms with van der Waals surface area (Å²) in [6, 6.07) is 16.1. The molecule has 2 heterocycles. The second kappa shape index (κ2) is 7.08. The Morgan fingerprint density at radius 3 is 2.50 bits per heavy atom. The van der Waals surface area contributed by atoms with Gasteiger partial charge in [-0.05, 0) is 43.3 Å². The van der Waals surface area contributed by atoms with Crippen LogP contribution in [0.5, 0.6) is 0 Å². The number of imidazole rings is 1. The van der Waals surface area contributed by atoms with E-state index in [0.717, 1.165) is 16.6 Å². The van der Waals surface area contributed by atoms with Crippen molar-refractivity contribution in [3.8, 4) is 0 Å². The van der Waals surface area contributed by atoms with Crippen LogP contribution in [0.4, 0.5) is 5.69 Å². The zero-order valence-electron chi connectivity index (χ0n) is 15.5. The van der Waals surface area contributed by atoms with Crippen molar-refractivity contribution in [3.63, 3.8) is 0 Å². The number of rotatable bonds is 4. The summed E-state index contributed by atoms with van der Waals surface area (Å²) in [4.78, 5) is 33.8. The van der Waals surface area contributed by atoms with Crippen molar-refractivity contribution < 1.29 is 9.59 Å². The van der Waals surface area contributed by atoms with Crippen LogP contribution in [-0.4, -0.2) is 26.2 Å². The van der Waals surface area contributed by atoms with Crippen molar-refractivity contribution in [1.82, 2.24) is 14.5 Å². The Morgan fingerprint density at radius 1 is 1.04 bits per heavy atom. The van der Waals surface area contributed by atoms with E-state index in [0.29, 0.717) is 22.6 Å². The number of pyridine rings is 1. The number of nitrogens with zero attached hydrogens (tertiary/aromatic N) is 3. The summed E-state index contributed by atoms with van der Waals surface area (Å²) in [5.41, 5.74) is 3.25. The lowest BCUT2D eigenvalue weighted by Gasteiger charge is -2.09. The molecule has 2 aromatic carbocycles. The van der Waals surface area contributed by atoms with Crippen LogP contribution in [0.3, 0.4) is 0 Å². The van der Waals surface area contributed by atoms with Gasteiger partial charge in [0.1, 0.15) is 0 Å². The predicted octanol–water partition coefficient (Wildman–Crippen LogP) is 3.76. The molecule has 2 aromatic heterocycles. The van der Waals surface area contributed by atoms with Gasteiger partial charge >= 0.3 is 0 Å². The van der Waals surface area contributed by atoms with Gasteiger partial charge in [-0.25, -0.2) is 4.98 Å². The maximum atomic E-state index is 12.8. The molecule has 0 fully saturated rings. The number of hydrogen-bond acceptors (Lipinski definition) is 4. The van der Waals surface area contributed by atoms with Gasteiger partial charge in [-0.1, -0.05) is 18.2 Å². The highest BCUT2D eigenvalue weighted by Gasteiger charge is 2.15. The Bertz CT molecular complexity index is 1190. The molecule has 4 rings (SSSR count). The van der Waals surface area contributed by atoms with E-state index in [1.165, 1.54) is 0 Å². The molecule has 0 bridgehead atoms. The lowest BCUT2D eigenvalue weighted by atomic mass is 10.1. The number of aromatic nitrogens is 3. The van der Waals surface area contributed by atoms with Gasteiger partial charge in [0.25, 0.3) is 5.91 Å². The van der Waals surface area contributed by atoms with Crippen LogP contribution in [-0.2, 0) is 7.05 Å². The lowest BCUT2D eigenvalue weighted by Crippen LogP contribution is -2.13. The van der Waals surface area contributed by atoms with Gasteiger partial charge in [-0.3, -0.25) is 14.6 Å². The first-order valence-corrected chi connectivity index (χ1v) is 8.83. The topological polar surface area (TPSA) is 76.9 Å². The van der Waals surface area contributed by atoms with E-state index < -0.39 is 0 Å². The minimum atomic E-state index is -0.218. The van der Waals surface area contributed by atoms with Gasteiger partial charge in [0.2, 0.25) is 5.78 Å². The monoisotopic (exact) mass is 370 g/mol. The van der Waals surface area contributed by atoms with Crippen molar-refractivity contribution >= 4 is 28.3 Å². The molecule has 1 N–H and O–H groups in total. The molecule has 0 spiro atoms. The molecule has 6 nitrogen and oxygen atoms in total. The third kappa shape index (κ3) is 3.27. The summed E-state index contributed by atoms with van der Waals surface area (Å²) in [5.74, 6) is -0.0125. The highest BCUT2D eigenvalue weighted by atomic mass is 16.1. The van der Waals surface area contributed by atoms with Gasteiger partial charge in [0.15, 0.2) is 5.82 Å². The van der Waals surface area contributed by atoms with Gasteiger partial charge < -0.3 is 9.88 Å². The Morgan fingerprint density at radius 2 is 1.79 bits per heavy atom. The summed E-state index contributed by atoms with van der Waals surface area (Å²) in [6.45, 7) is 1.86. The normalized spacial score (nSPS) is 10.8. The molecule has 4 aromatic rings. The molecule has 1 amide bonds. The highest BCUT2D eigenvalue weighted by molar-refractivity contribution is 6.12. The molecule has 138 valence electrons. The molecular formula is C22H18N4O2. The van der Waals surface area contributed by atoms with Crippen LogP contribution in [0.25, 0.3) is 10.9 Å². The Labute approximate surface area is 161 Å². The van der Waals surface area contributed by atoms with E-state index in [-0.39, 0.29) is 11.7 Å². The van der Waals surface area contributed by atoms with E-state index in [4.69, 9.17) is 0 Å². The van der Waals surface area contributed by atoms with Gasteiger partial charge in [-0.2, -0.15) is 0 Å². The maximum Gasteiger partial charge on any atom is 0.256 e. The molecule has 0 saturated heterocycles. The number of fused-ring (bicyclic) bond motifs is 1. The fourth-order valence-corrected chi connectivity index (χ4v) is 3.11. The number of para-hydroxylation sites is 1. The first-order valence-electron chi connectivity index (χ1n) is 8.83. The number of nitrogens with one attached hydrogen (secondary N) is 1. The third-order valence-electron chi connectivity index (χ3n) is 4.52. The molecular weight excluding hydrogens is 352 g/mol. The van der Waals surface area contributed by atoms with Crippen molar-refractivity contribution in [2.45, 2.75) is 6.92 Å². The number of carbonyl (C=O) groups is 2. The lowest BCUT2D eigenvalue weighted by molar-refractivity contribution is 0.102. The van der Waals surface area contributed by atoms with Gasteiger partial charge in [0, 0.05) is 41.8 Å². The van der Waals surface area contributed by atoms with E-state index >= 15 is 0 Å². The van der Waals surface area contributed by atoms with Crippen LogP contribution in [0.15, 0.2) is 67.0 Å². The summed E-state index contributed by atoms with van der Waals surface area (Å²) >= 11 is 0. The molecule has 0 aliphatic carbocycles. The van der Waals surface area contributed by atoms with Gasteiger partial charge in [0.05, 0.1) is 11.1 Å². The molecule has 0 unspecified atom stereocenters. The summed E-state index contributed by atoms with van der Waals surface area (Å²) in [5, 5.41) is 3.69. The van der Waals surface area contributed by atoms with Crippen LogP contribution >= 0.6 is 0 Å². The molecule has 0 aliphatic heterocycles. The highest BCUT2D eigenvalue weighted by Crippen LogP contribution is 2.20. The van der Waals surface area contributed by atoms with Crippen LogP contribution in [0.1, 0.15) is 32.2 Å².